The Labute approximate surface area is 136 Å². The molecule has 2 aromatic carbocycles. The summed E-state index contributed by atoms with van der Waals surface area (Å²) in [5, 5.41) is 0. The van der Waals surface area contributed by atoms with Crippen LogP contribution in [0.15, 0.2) is 51.8 Å². The van der Waals surface area contributed by atoms with Gasteiger partial charge in [0, 0.05) is 16.2 Å². The number of methoxy groups -OCH3 is 1. The third-order valence-corrected chi connectivity index (χ3v) is 4.29. The average molecular weight is 367 g/mol. The van der Waals surface area contributed by atoms with Crippen molar-refractivity contribution >= 4 is 34.0 Å². The molecule has 110 valence electrons. The first-order chi connectivity index (χ1) is 10.2. The number of rotatable bonds is 7. The van der Waals surface area contributed by atoms with E-state index >= 15 is 0 Å². The molecule has 0 bridgehead atoms. The number of carbonyl (C=O) groups excluding carboxylic acids is 1. The van der Waals surface area contributed by atoms with Crippen LogP contribution in [0.1, 0.15) is 10.4 Å². The van der Waals surface area contributed by atoms with Gasteiger partial charge in [-0.05, 0) is 40.2 Å². The molecule has 0 aromatic heterocycles. The molecule has 0 fully saturated rings. The van der Waals surface area contributed by atoms with E-state index < -0.39 is 0 Å². The lowest BCUT2D eigenvalue weighted by Gasteiger charge is -2.13. The Morgan fingerprint density at radius 2 is 2.00 bits per heavy atom. The Balaban J connectivity index is 1.95. The van der Waals surface area contributed by atoms with Gasteiger partial charge in [-0.15, -0.1) is 11.8 Å². The molecule has 5 heteroatoms. The van der Waals surface area contributed by atoms with Crippen LogP contribution in [-0.2, 0) is 0 Å². The van der Waals surface area contributed by atoms with E-state index in [1.165, 1.54) is 4.90 Å². The van der Waals surface area contributed by atoms with Crippen molar-refractivity contribution in [2.24, 2.45) is 0 Å². The van der Waals surface area contributed by atoms with Crippen LogP contribution in [0.25, 0.3) is 0 Å². The molecule has 3 nitrogen and oxygen atoms in total. The maximum Gasteiger partial charge on any atom is 0.175 e. The predicted octanol–water partition coefficient (Wildman–Crippen LogP) is 4.44. The lowest BCUT2D eigenvalue weighted by Crippen LogP contribution is -2.03. The average Bonchev–Trinajstić information content (AvgIpc) is 2.53. The minimum absolute atomic E-state index is 0.546. The van der Waals surface area contributed by atoms with Gasteiger partial charge in [-0.25, -0.2) is 0 Å². The zero-order valence-corrected chi connectivity index (χ0v) is 13.9. The van der Waals surface area contributed by atoms with Gasteiger partial charge in [0.2, 0.25) is 0 Å². The topological polar surface area (TPSA) is 35.5 Å². The Hall–Kier alpha value is -1.46. The van der Waals surface area contributed by atoms with E-state index in [0.717, 1.165) is 12.0 Å². The summed E-state index contributed by atoms with van der Waals surface area (Å²) in [5.74, 6) is 2.00. The fourth-order valence-electron chi connectivity index (χ4n) is 1.77. The van der Waals surface area contributed by atoms with Crippen LogP contribution in [-0.4, -0.2) is 25.8 Å². The van der Waals surface area contributed by atoms with Crippen molar-refractivity contribution in [1.29, 1.82) is 0 Å². The number of hydrogen-bond acceptors (Lipinski definition) is 4. The fourth-order valence-corrected chi connectivity index (χ4v) is 3.09. The SMILES string of the molecule is COc1cc(C=O)cc(Br)c1OCCSc1ccccc1. The van der Waals surface area contributed by atoms with Gasteiger partial charge in [0.05, 0.1) is 18.2 Å². The Morgan fingerprint density at radius 1 is 1.24 bits per heavy atom. The summed E-state index contributed by atoms with van der Waals surface area (Å²) in [6.07, 6.45) is 0.780. The number of ether oxygens (including phenoxy) is 2. The number of aldehydes is 1. The highest BCUT2D eigenvalue weighted by atomic mass is 79.9. The van der Waals surface area contributed by atoms with Crippen LogP contribution in [0.2, 0.25) is 0 Å². The zero-order chi connectivity index (χ0) is 15.1. The quantitative estimate of drug-likeness (QED) is 0.412. The highest BCUT2D eigenvalue weighted by Gasteiger charge is 2.11. The first-order valence-electron chi connectivity index (χ1n) is 6.38. The summed E-state index contributed by atoms with van der Waals surface area (Å²) in [6.45, 7) is 0.551. The molecule has 0 unspecified atom stereocenters. The molecule has 0 atom stereocenters. The second-order valence-corrected chi connectivity index (χ2v) is 6.18. The molecule has 0 saturated heterocycles. The zero-order valence-electron chi connectivity index (χ0n) is 11.5. The van der Waals surface area contributed by atoms with Gasteiger partial charge < -0.3 is 9.47 Å². The maximum atomic E-state index is 10.8. The summed E-state index contributed by atoms with van der Waals surface area (Å²) in [4.78, 5) is 12.0. The molecule has 0 N–H and O–H groups in total. The van der Waals surface area contributed by atoms with Crippen molar-refractivity contribution in [1.82, 2.24) is 0 Å². The molecular weight excluding hydrogens is 352 g/mol. The second kappa shape index (κ2) is 8.10. The lowest BCUT2D eigenvalue weighted by atomic mass is 10.2. The van der Waals surface area contributed by atoms with Crippen molar-refractivity contribution in [3.8, 4) is 11.5 Å². The molecule has 0 amide bonds. The van der Waals surface area contributed by atoms with E-state index in [1.807, 2.05) is 18.2 Å². The number of benzene rings is 2. The monoisotopic (exact) mass is 366 g/mol. The standard InChI is InChI=1S/C16H15BrO3S/c1-19-15-10-12(11-18)9-14(17)16(15)20-7-8-21-13-5-3-2-4-6-13/h2-6,9-11H,7-8H2,1H3. The third-order valence-electron chi connectivity index (χ3n) is 2.73. The van der Waals surface area contributed by atoms with Crippen molar-refractivity contribution in [2.45, 2.75) is 4.90 Å². The Bertz CT molecular complexity index is 602. The number of halogens is 1. The molecule has 0 aliphatic rings. The van der Waals surface area contributed by atoms with Gasteiger partial charge in [0.1, 0.15) is 6.29 Å². The van der Waals surface area contributed by atoms with Gasteiger partial charge in [0.25, 0.3) is 0 Å². The molecule has 0 saturated carbocycles. The molecule has 2 rings (SSSR count). The third kappa shape index (κ3) is 4.51. The lowest BCUT2D eigenvalue weighted by molar-refractivity contribution is 0.112. The van der Waals surface area contributed by atoms with Crippen molar-refractivity contribution in [3.63, 3.8) is 0 Å². The van der Waals surface area contributed by atoms with Crippen molar-refractivity contribution in [3.05, 3.63) is 52.5 Å². The first-order valence-corrected chi connectivity index (χ1v) is 8.16. The van der Waals surface area contributed by atoms with E-state index in [1.54, 1.807) is 31.0 Å². The van der Waals surface area contributed by atoms with E-state index in [0.29, 0.717) is 28.1 Å². The molecule has 0 heterocycles. The number of hydrogen-bond donors (Lipinski definition) is 0. The van der Waals surface area contributed by atoms with Gasteiger partial charge in [0.15, 0.2) is 11.5 Å². The van der Waals surface area contributed by atoms with Gasteiger partial charge in [-0.2, -0.15) is 0 Å². The second-order valence-electron chi connectivity index (χ2n) is 4.16. The van der Waals surface area contributed by atoms with Crippen LogP contribution in [0.5, 0.6) is 11.5 Å². The highest BCUT2D eigenvalue weighted by molar-refractivity contribution is 9.10. The molecule has 21 heavy (non-hydrogen) atoms. The molecule has 0 radical (unpaired) electrons. The number of carbonyl (C=O) groups is 1. The van der Waals surface area contributed by atoms with E-state index in [-0.39, 0.29) is 0 Å². The van der Waals surface area contributed by atoms with E-state index in [4.69, 9.17) is 9.47 Å². The van der Waals surface area contributed by atoms with E-state index in [9.17, 15) is 4.79 Å². The summed E-state index contributed by atoms with van der Waals surface area (Å²) in [5.41, 5.74) is 0.546. The highest BCUT2D eigenvalue weighted by Crippen LogP contribution is 2.36. The van der Waals surface area contributed by atoms with Gasteiger partial charge in [-0.1, -0.05) is 18.2 Å². The Morgan fingerprint density at radius 3 is 2.67 bits per heavy atom. The molecular formula is C16H15BrO3S. The van der Waals surface area contributed by atoms with Crippen LogP contribution in [0, 0.1) is 0 Å². The van der Waals surface area contributed by atoms with Crippen LogP contribution in [0.4, 0.5) is 0 Å². The molecule has 2 aromatic rings. The minimum Gasteiger partial charge on any atom is -0.493 e. The smallest absolute Gasteiger partial charge is 0.175 e. The molecule has 0 aliphatic carbocycles. The summed E-state index contributed by atoms with van der Waals surface area (Å²) < 4.78 is 11.8. The van der Waals surface area contributed by atoms with Crippen LogP contribution >= 0.6 is 27.7 Å². The summed E-state index contributed by atoms with van der Waals surface area (Å²) in [6, 6.07) is 13.5. The summed E-state index contributed by atoms with van der Waals surface area (Å²) >= 11 is 5.14. The largest absolute Gasteiger partial charge is 0.493 e. The van der Waals surface area contributed by atoms with Crippen molar-refractivity contribution < 1.29 is 14.3 Å². The fraction of sp³-hybridized carbons (Fsp3) is 0.188. The van der Waals surface area contributed by atoms with Crippen LogP contribution in [0.3, 0.4) is 0 Å². The van der Waals surface area contributed by atoms with Gasteiger partial charge in [-0.3, -0.25) is 4.79 Å². The first kappa shape index (κ1) is 15.9. The minimum atomic E-state index is 0.546. The van der Waals surface area contributed by atoms with Gasteiger partial charge >= 0.3 is 0 Å². The molecule has 0 spiro atoms. The normalized spacial score (nSPS) is 10.2. The maximum absolute atomic E-state index is 10.8. The Kier molecular flexibility index (Phi) is 6.14. The van der Waals surface area contributed by atoms with E-state index in [2.05, 4.69) is 28.1 Å². The van der Waals surface area contributed by atoms with Crippen LogP contribution < -0.4 is 9.47 Å². The molecule has 0 aliphatic heterocycles. The number of thioether (sulfide) groups is 1. The summed E-state index contributed by atoms with van der Waals surface area (Å²) in [7, 11) is 1.56. The predicted molar refractivity (Wildman–Crippen MR) is 88.7 cm³/mol. The van der Waals surface area contributed by atoms with Crippen molar-refractivity contribution in [2.75, 3.05) is 19.5 Å².